The van der Waals surface area contributed by atoms with E-state index >= 15 is 0 Å². The number of ether oxygens (including phenoxy) is 1. The summed E-state index contributed by atoms with van der Waals surface area (Å²) in [5.41, 5.74) is 2.02. The Bertz CT molecular complexity index is 960. The van der Waals surface area contributed by atoms with Gasteiger partial charge < -0.3 is 15.4 Å². The maximum atomic E-state index is 12.6. The van der Waals surface area contributed by atoms with Crippen LogP contribution in [0.3, 0.4) is 0 Å². The molecule has 5 nitrogen and oxygen atoms in total. The predicted molar refractivity (Wildman–Crippen MR) is 121 cm³/mol. The molecule has 3 unspecified atom stereocenters. The van der Waals surface area contributed by atoms with Gasteiger partial charge in [0.05, 0.1) is 6.04 Å². The van der Waals surface area contributed by atoms with Crippen molar-refractivity contribution in [3.05, 3.63) is 76.5 Å². The number of amides is 2. The van der Waals surface area contributed by atoms with Crippen LogP contribution in [0.2, 0.25) is 5.02 Å². The fraction of sp³-hybridized carbons (Fsp3) is 0.360. The first-order chi connectivity index (χ1) is 15.1. The minimum atomic E-state index is -0.259. The quantitative estimate of drug-likeness (QED) is 0.526. The van der Waals surface area contributed by atoms with Crippen LogP contribution in [0.15, 0.2) is 60.4 Å². The van der Waals surface area contributed by atoms with Gasteiger partial charge in [-0.1, -0.05) is 60.1 Å². The van der Waals surface area contributed by atoms with Crippen molar-refractivity contribution >= 4 is 29.5 Å². The van der Waals surface area contributed by atoms with E-state index in [1.54, 1.807) is 12.1 Å². The Morgan fingerprint density at radius 2 is 1.90 bits per heavy atom. The molecule has 2 aromatic rings. The SMILES string of the molecule is O=C1NC2CC(C(=O)NCCCc3ccccc3)CCC2O/C1=C\c1ccccc1Cl. The maximum Gasteiger partial charge on any atom is 0.286 e. The number of nitrogens with one attached hydrogen (secondary N) is 2. The number of fused-ring (bicyclic) bond motifs is 1. The largest absolute Gasteiger partial charge is 0.483 e. The van der Waals surface area contributed by atoms with Gasteiger partial charge in [0.15, 0.2) is 5.76 Å². The van der Waals surface area contributed by atoms with Crippen LogP contribution in [0, 0.1) is 5.92 Å². The van der Waals surface area contributed by atoms with E-state index in [0.29, 0.717) is 18.0 Å². The van der Waals surface area contributed by atoms with Crippen LogP contribution in [0.1, 0.15) is 36.8 Å². The molecule has 4 rings (SSSR count). The minimum Gasteiger partial charge on any atom is -0.483 e. The predicted octanol–water partition coefficient (Wildman–Crippen LogP) is 4.11. The third-order valence-corrected chi connectivity index (χ3v) is 6.30. The second-order valence-electron chi connectivity index (χ2n) is 8.16. The lowest BCUT2D eigenvalue weighted by Crippen LogP contribution is -2.54. The molecule has 2 aromatic carbocycles. The monoisotopic (exact) mass is 438 g/mol. The first-order valence-electron chi connectivity index (χ1n) is 10.9. The summed E-state index contributed by atoms with van der Waals surface area (Å²) in [5, 5.41) is 6.66. The number of aryl methyl sites for hydroxylation is 1. The molecule has 0 spiro atoms. The summed E-state index contributed by atoms with van der Waals surface area (Å²) >= 11 is 6.19. The second kappa shape index (κ2) is 10.0. The van der Waals surface area contributed by atoms with E-state index in [-0.39, 0.29) is 35.6 Å². The Morgan fingerprint density at radius 1 is 1.13 bits per heavy atom. The highest BCUT2D eigenvalue weighted by molar-refractivity contribution is 6.32. The molecule has 162 valence electrons. The molecule has 1 saturated carbocycles. The normalized spacial score (nSPS) is 24.1. The Kier molecular flexibility index (Phi) is 6.92. The topological polar surface area (TPSA) is 67.4 Å². The highest BCUT2D eigenvalue weighted by Gasteiger charge is 2.40. The zero-order valence-electron chi connectivity index (χ0n) is 17.4. The van der Waals surface area contributed by atoms with Crippen molar-refractivity contribution in [3.63, 3.8) is 0 Å². The number of halogens is 1. The molecule has 2 N–H and O–H groups in total. The average Bonchev–Trinajstić information content (AvgIpc) is 2.79. The lowest BCUT2D eigenvalue weighted by molar-refractivity contribution is -0.134. The van der Waals surface area contributed by atoms with E-state index < -0.39 is 0 Å². The standard InChI is InChI=1S/C25H27ClN2O3/c26-20-11-5-4-10-18(20)16-23-25(30)28-21-15-19(12-13-22(21)31-23)24(29)27-14-6-9-17-7-2-1-3-8-17/h1-5,7-8,10-11,16,19,21-22H,6,9,12-15H2,(H,27,29)(H,28,30)/b23-16-. The van der Waals surface area contributed by atoms with Gasteiger partial charge in [0, 0.05) is 17.5 Å². The Balaban J connectivity index is 1.27. The summed E-state index contributed by atoms with van der Waals surface area (Å²) < 4.78 is 6.00. The van der Waals surface area contributed by atoms with Crippen molar-refractivity contribution in [1.29, 1.82) is 0 Å². The summed E-state index contributed by atoms with van der Waals surface area (Å²) in [5.74, 6) is -0.0163. The van der Waals surface area contributed by atoms with E-state index in [0.717, 1.165) is 31.2 Å². The van der Waals surface area contributed by atoms with Gasteiger partial charge in [0.1, 0.15) is 6.10 Å². The molecule has 2 amide bonds. The van der Waals surface area contributed by atoms with Gasteiger partial charge in [-0.15, -0.1) is 0 Å². The van der Waals surface area contributed by atoms with E-state index in [1.165, 1.54) is 5.56 Å². The molecule has 1 saturated heterocycles. The fourth-order valence-corrected chi connectivity index (χ4v) is 4.45. The van der Waals surface area contributed by atoms with Gasteiger partial charge in [-0.05, 0) is 55.4 Å². The molecule has 2 aliphatic rings. The van der Waals surface area contributed by atoms with Crippen LogP contribution in [0.5, 0.6) is 0 Å². The number of carbonyl (C=O) groups is 2. The summed E-state index contributed by atoms with van der Waals surface area (Å²) in [7, 11) is 0. The van der Waals surface area contributed by atoms with Gasteiger partial charge in [-0.25, -0.2) is 0 Å². The average molecular weight is 439 g/mol. The zero-order chi connectivity index (χ0) is 21.6. The summed E-state index contributed by atoms with van der Waals surface area (Å²) in [6.07, 6.45) is 5.49. The van der Waals surface area contributed by atoms with E-state index in [9.17, 15) is 9.59 Å². The number of benzene rings is 2. The maximum absolute atomic E-state index is 12.6. The van der Waals surface area contributed by atoms with Crippen molar-refractivity contribution in [3.8, 4) is 0 Å². The fourth-order valence-electron chi connectivity index (χ4n) is 4.26. The lowest BCUT2D eigenvalue weighted by atomic mass is 9.82. The third kappa shape index (κ3) is 5.47. The number of hydrogen-bond donors (Lipinski definition) is 2. The second-order valence-corrected chi connectivity index (χ2v) is 8.56. The highest BCUT2D eigenvalue weighted by Crippen LogP contribution is 2.32. The molecule has 3 atom stereocenters. The molecule has 6 heteroatoms. The van der Waals surface area contributed by atoms with E-state index in [2.05, 4.69) is 22.8 Å². The number of hydrogen-bond acceptors (Lipinski definition) is 3. The summed E-state index contributed by atoms with van der Waals surface area (Å²) in [6, 6.07) is 17.5. The first kappa shape index (κ1) is 21.4. The lowest BCUT2D eigenvalue weighted by Gasteiger charge is -2.39. The van der Waals surface area contributed by atoms with Crippen LogP contribution in [0.25, 0.3) is 6.08 Å². The third-order valence-electron chi connectivity index (χ3n) is 5.95. The van der Waals surface area contributed by atoms with Crippen molar-refractivity contribution in [2.24, 2.45) is 5.92 Å². The number of morpholine rings is 1. The molecule has 1 aliphatic carbocycles. The summed E-state index contributed by atoms with van der Waals surface area (Å²) in [4.78, 5) is 25.2. The van der Waals surface area contributed by atoms with Gasteiger partial charge in [0.25, 0.3) is 5.91 Å². The molecule has 1 heterocycles. The van der Waals surface area contributed by atoms with Crippen LogP contribution < -0.4 is 10.6 Å². The van der Waals surface area contributed by atoms with Crippen molar-refractivity contribution in [2.75, 3.05) is 6.54 Å². The Morgan fingerprint density at radius 3 is 2.71 bits per heavy atom. The molecule has 0 bridgehead atoms. The van der Waals surface area contributed by atoms with Gasteiger partial charge in [0.2, 0.25) is 5.91 Å². The Labute approximate surface area is 187 Å². The molecule has 1 aliphatic heterocycles. The van der Waals surface area contributed by atoms with Crippen molar-refractivity contribution in [2.45, 2.75) is 44.2 Å². The van der Waals surface area contributed by atoms with Gasteiger partial charge in [-0.3, -0.25) is 9.59 Å². The zero-order valence-corrected chi connectivity index (χ0v) is 18.1. The van der Waals surface area contributed by atoms with Crippen molar-refractivity contribution in [1.82, 2.24) is 10.6 Å². The first-order valence-corrected chi connectivity index (χ1v) is 11.2. The number of carbonyl (C=O) groups excluding carboxylic acids is 2. The van der Waals surface area contributed by atoms with Crippen molar-refractivity contribution < 1.29 is 14.3 Å². The minimum absolute atomic E-state index is 0.0677. The van der Waals surface area contributed by atoms with Crippen LogP contribution in [-0.2, 0) is 20.7 Å². The van der Waals surface area contributed by atoms with E-state index in [1.807, 2.05) is 36.4 Å². The van der Waals surface area contributed by atoms with E-state index in [4.69, 9.17) is 16.3 Å². The smallest absolute Gasteiger partial charge is 0.286 e. The molecular weight excluding hydrogens is 412 g/mol. The van der Waals surface area contributed by atoms with Gasteiger partial charge in [-0.2, -0.15) is 0 Å². The summed E-state index contributed by atoms with van der Waals surface area (Å²) in [6.45, 7) is 0.659. The molecular formula is C25H27ClN2O3. The molecule has 0 radical (unpaired) electrons. The van der Waals surface area contributed by atoms with Crippen LogP contribution in [-0.4, -0.2) is 30.5 Å². The molecule has 0 aromatic heterocycles. The Hall–Kier alpha value is -2.79. The van der Waals surface area contributed by atoms with Crippen LogP contribution in [0.4, 0.5) is 0 Å². The van der Waals surface area contributed by atoms with Crippen LogP contribution >= 0.6 is 11.6 Å². The highest BCUT2D eigenvalue weighted by atomic mass is 35.5. The molecule has 31 heavy (non-hydrogen) atoms. The van der Waals surface area contributed by atoms with Gasteiger partial charge >= 0.3 is 0 Å². The molecule has 2 fully saturated rings. The number of rotatable bonds is 6.